The van der Waals surface area contributed by atoms with E-state index in [4.69, 9.17) is 7.85 Å². The van der Waals surface area contributed by atoms with Gasteiger partial charge >= 0.3 is 0 Å². The Hall–Kier alpha value is -2.35. The van der Waals surface area contributed by atoms with Gasteiger partial charge in [-0.3, -0.25) is 4.99 Å². The number of hydrogen-bond acceptors (Lipinski definition) is 1. The first-order valence-electron chi connectivity index (χ1n) is 8.31. The van der Waals surface area contributed by atoms with Gasteiger partial charge in [-0.15, -0.1) is 0 Å². The van der Waals surface area contributed by atoms with Gasteiger partial charge in [0.05, 0.1) is 6.54 Å². The van der Waals surface area contributed by atoms with Gasteiger partial charge in [0.15, 0.2) is 0 Å². The summed E-state index contributed by atoms with van der Waals surface area (Å²) in [6.07, 6.45) is 16.8. The molecule has 2 heteroatoms. The van der Waals surface area contributed by atoms with E-state index in [-0.39, 0.29) is 0 Å². The van der Waals surface area contributed by atoms with Gasteiger partial charge in [0.25, 0.3) is 0 Å². The maximum absolute atomic E-state index is 5.94. The maximum Gasteiger partial charge on any atom is 0.113 e. The van der Waals surface area contributed by atoms with Crippen LogP contribution in [0.5, 0.6) is 0 Å². The third-order valence-electron chi connectivity index (χ3n) is 3.44. The fourth-order valence-electron chi connectivity index (χ4n) is 2.36. The summed E-state index contributed by atoms with van der Waals surface area (Å²) in [5.74, 6) is 0. The Bertz CT molecular complexity index is 688. The van der Waals surface area contributed by atoms with Crippen molar-refractivity contribution in [1.29, 1.82) is 0 Å². The molecule has 0 saturated heterocycles. The predicted octanol–water partition coefficient (Wildman–Crippen LogP) is 4.80. The van der Waals surface area contributed by atoms with Crippen LogP contribution in [-0.4, -0.2) is 14.1 Å². The van der Waals surface area contributed by atoms with E-state index in [1.807, 2.05) is 56.5 Å². The van der Waals surface area contributed by atoms with Crippen molar-refractivity contribution in [1.82, 2.24) is 0 Å². The highest BCUT2D eigenvalue weighted by molar-refractivity contribution is 6.32. The van der Waals surface area contributed by atoms with Crippen LogP contribution in [0.2, 0.25) is 0 Å². The summed E-state index contributed by atoms with van der Waals surface area (Å²) in [5, 5.41) is 0. The molecule has 0 aliphatic carbocycles. The lowest BCUT2D eigenvalue weighted by Crippen LogP contribution is -2.05. The van der Waals surface area contributed by atoms with Crippen LogP contribution in [0.3, 0.4) is 0 Å². The first-order chi connectivity index (χ1) is 11.6. The van der Waals surface area contributed by atoms with Crippen molar-refractivity contribution >= 4 is 19.5 Å². The first kappa shape index (κ1) is 19.7. The summed E-state index contributed by atoms with van der Waals surface area (Å²) in [5.41, 5.74) is 5.39. The number of benzene rings is 1. The van der Waals surface area contributed by atoms with Gasteiger partial charge in [0, 0.05) is 6.21 Å². The molecule has 1 aromatic carbocycles. The number of rotatable bonds is 8. The van der Waals surface area contributed by atoms with E-state index in [0.717, 1.165) is 28.6 Å². The minimum Gasteiger partial charge on any atom is -0.288 e. The number of hydrogen-bond donors (Lipinski definition) is 0. The molecule has 0 atom stereocenters. The second-order valence-electron chi connectivity index (χ2n) is 5.41. The first-order valence-corrected chi connectivity index (χ1v) is 8.31. The van der Waals surface area contributed by atoms with Crippen molar-refractivity contribution in [3.63, 3.8) is 0 Å². The van der Waals surface area contributed by atoms with Crippen molar-refractivity contribution < 1.29 is 0 Å². The fraction of sp³-hybridized carbons (Fsp3) is 0.227. The van der Waals surface area contributed by atoms with Crippen LogP contribution in [0.1, 0.15) is 31.9 Å². The third-order valence-corrected chi connectivity index (χ3v) is 3.44. The third kappa shape index (κ3) is 6.83. The number of aryl methyl sites for hydroxylation is 1. The van der Waals surface area contributed by atoms with Gasteiger partial charge in [-0.05, 0) is 48.6 Å². The number of aliphatic imine (C=N–C) groups is 1. The minimum atomic E-state index is 0.627. The molecule has 1 nitrogen and oxygen atoms in total. The van der Waals surface area contributed by atoms with E-state index in [2.05, 4.69) is 36.7 Å². The van der Waals surface area contributed by atoms with Gasteiger partial charge in [-0.1, -0.05) is 73.6 Å². The lowest BCUT2D eigenvalue weighted by Gasteiger charge is -2.04. The molecule has 0 unspecified atom stereocenters. The zero-order valence-electron chi connectivity index (χ0n) is 15.0. The van der Waals surface area contributed by atoms with E-state index in [0.29, 0.717) is 6.54 Å². The number of nitrogens with zero attached hydrogens (tertiary/aromatic N) is 1. The summed E-state index contributed by atoms with van der Waals surface area (Å²) in [4.78, 5) is 4.51. The molecule has 0 aliphatic heterocycles. The molecule has 0 N–H and O–H groups in total. The van der Waals surface area contributed by atoms with Crippen LogP contribution < -0.4 is 5.46 Å². The minimum absolute atomic E-state index is 0.627. The standard InChI is InChI=1S/C22H26BN/c1-5-9-20(10-6-2)21(11-7-3)12-13-24-17-19-14-18(8-4)15-22(23)16-19/h5-7,9-16H,1,8,17H2,2-4H3/b10-6-,11-7-,20-9+,21-12+,24-13?. The van der Waals surface area contributed by atoms with Crippen LogP contribution >= 0.6 is 0 Å². The summed E-state index contributed by atoms with van der Waals surface area (Å²) in [7, 11) is 5.94. The van der Waals surface area contributed by atoms with Gasteiger partial charge in [0.2, 0.25) is 0 Å². The average Bonchev–Trinajstić information content (AvgIpc) is 2.57. The quantitative estimate of drug-likeness (QED) is 0.371. The summed E-state index contributed by atoms with van der Waals surface area (Å²) >= 11 is 0. The van der Waals surface area contributed by atoms with Crippen LogP contribution in [-0.2, 0) is 13.0 Å². The molecular formula is C22H26BN. The Morgan fingerprint density at radius 3 is 2.25 bits per heavy atom. The van der Waals surface area contributed by atoms with Crippen LogP contribution in [0.15, 0.2) is 83.4 Å². The topological polar surface area (TPSA) is 12.4 Å². The van der Waals surface area contributed by atoms with Crippen LogP contribution in [0.25, 0.3) is 0 Å². The summed E-state index contributed by atoms with van der Waals surface area (Å²) in [6.45, 7) is 10.5. The SMILES string of the molecule is [B]c1cc(CC)cc(CN=C/C=C(\C=C/C)C(/C=C\C)=C/C=C)c1. The molecule has 1 aromatic rings. The highest BCUT2D eigenvalue weighted by Crippen LogP contribution is 2.13. The Labute approximate surface area is 148 Å². The van der Waals surface area contributed by atoms with E-state index >= 15 is 0 Å². The molecule has 0 bridgehead atoms. The molecule has 122 valence electrons. The van der Waals surface area contributed by atoms with Crippen molar-refractivity contribution in [2.24, 2.45) is 4.99 Å². The average molecular weight is 315 g/mol. The fourth-order valence-corrected chi connectivity index (χ4v) is 2.36. The smallest absolute Gasteiger partial charge is 0.113 e. The Morgan fingerprint density at radius 1 is 1.04 bits per heavy atom. The highest BCUT2D eigenvalue weighted by Gasteiger charge is 1.97. The second kappa shape index (κ2) is 11.2. The predicted molar refractivity (Wildman–Crippen MR) is 109 cm³/mol. The molecule has 1 rings (SSSR count). The normalized spacial score (nSPS) is 13.5. The Kier molecular flexibility index (Phi) is 9.22. The van der Waals surface area contributed by atoms with Crippen molar-refractivity contribution in [2.75, 3.05) is 0 Å². The molecule has 0 saturated carbocycles. The summed E-state index contributed by atoms with van der Waals surface area (Å²) < 4.78 is 0. The molecule has 0 fully saturated rings. The van der Waals surface area contributed by atoms with E-state index < -0.39 is 0 Å². The molecule has 0 spiro atoms. The lowest BCUT2D eigenvalue weighted by molar-refractivity contribution is 1.06. The van der Waals surface area contributed by atoms with Gasteiger partial charge in [-0.25, -0.2) is 0 Å². The van der Waals surface area contributed by atoms with Crippen molar-refractivity contribution in [2.45, 2.75) is 33.7 Å². The maximum atomic E-state index is 5.94. The monoisotopic (exact) mass is 315 g/mol. The van der Waals surface area contributed by atoms with E-state index in [1.165, 1.54) is 5.56 Å². The second-order valence-corrected chi connectivity index (χ2v) is 5.41. The molecule has 2 radical (unpaired) electrons. The zero-order valence-corrected chi connectivity index (χ0v) is 15.0. The molecule has 0 aliphatic rings. The molecule has 0 aromatic heterocycles. The summed E-state index contributed by atoms with van der Waals surface area (Å²) in [6, 6.07) is 6.16. The zero-order chi connectivity index (χ0) is 17.8. The molecule has 24 heavy (non-hydrogen) atoms. The van der Waals surface area contributed by atoms with Crippen LogP contribution in [0.4, 0.5) is 0 Å². The van der Waals surface area contributed by atoms with Gasteiger partial charge < -0.3 is 0 Å². The van der Waals surface area contributed by atoms with Crippen LogP contribution in [0, 0.1) is 0 Å². The molecule has 0 heterocycles. The van der Waals surface area contributed by atoms with Gasteiger partial charge in [-0.2, -0.15) is 0 Å². The van der Waals surface area contributed by atoms with Gasteiger partial charge in [0.1, 0.15) is 7.85 Å². The molecular weight excluding hydrogens is 289 g/mol. The van der Waals surface area contributed by atoms with E-state index in [9.17, 15) is 0 Å². The van der Waals surface area contributed by atoms with Crippen molar-refractivity contribution in [3.8, 4) is 0 Å². The number of allylic oxidation sites excluding steroid dienone is 9. The van der Waals surface area contributed by atoms with Crippen molar-refractivity contribution in [3.05, 3.63) is 89.6 Å². The Morgan fingerprint density at radius 2 is 1.67 bits per heavy atom. The lowest BCUT2D eigenvalue weighted by atomic mass is 9.91. The molecule has 0 amide bonds. The van der Waals surface area contributed by atoms with E-state index in [1.54, 1.807) is 6.08 Å². The largest absolute Gasteiger partial charge is 0.288 e. The Balaban J connectivity index is 2.94. The highest BCUT2D eigenvalue weighted by atomic mass is 14.7.